The molecular formula is C6H10O6S. The monoisotopic (exact) mass is 210 g/mol. The van der Waals surface area contributed by atoms with E-state index in [-0.39, 0.29) is 13.4 Å². The molecule has 0 aromatic rings. The zero-order valence-electron chi connectivity index (χ0n) is 6.80. The van der Waals surface area contributed by atoms with Crippen molar-refractivity contribution in [2.45, 2.75) is 0 Å². The van der Waals surface area contributed by atoms with Crippen LogP contribution in [0.25, 0.3) is 0 Å². The minimum Gasteiger partial charge on any atom is -0.435 e. The third-order valence-electron chi connectivity index (χ3n) is 0.937. The fraction of sp³-hybridized carbons (Fsp3) is 0.500. The van der Waals surface area contributed by atoms with Crippen molar-refractivity contribution in [1.29, 1.82) is 0 Å². The Labute approximate surface area is 75.9 Å². The Morgan fingerprint density at radius 1 is 1.54 bits per heavy atom. The van der Waals surface area contributed by atoms with Crippen LogP contribution in [0.2, 0.25) is 0 Å². The average Bonchev–Trinajstić information content (AvgIpc) is 2.01. The van der Waals surface area contributed by atoms with E-state index in [9.17, 15) is 13.2 Å². The maximum atomic E-state index is 10.4. The standard InChI is InChI=1S/C6H10O6S/c1-2-6(7)12-5-11-3-4-13(8,9)10/h2H,1,3-5H2,(H,8,9,10). The molecule has 1 N–H and O–H groups in total. The van der Waals surface area contributed by atoms with Gasteiger partial charge in [0.1, 0.15) is 0 Å². The van der Waals surface area contributed by atoms with Crippen LogP contribution >= 0.6 is 0 Å². The van der Waals surface area contributed by atoms with Gasteiger partial charge < -0.3 is 9.47 Å². The van der Waals surface area contributed by atoms with Crippen molar-refractivity contribution in [2.75, 3.05) is 19.2 Å². The molecule has 0 amide bonds. The maximum absolute atomic E-state index is 10.4. The lowest BCUT2D eigenvalue weighted by molar-refractivity contribution is -0.149. The molecule has 0 radical (unpaired) electrons. The molecule has 0 aliphatic heterocycles. The van der Waals surface area contributed by atoms with Gasteiger partial charge in [-0.05, 0) is 0 Å². The van der Waals surface area contributed by atoms with Gasteiger partial charge in [-0.1, -0.05) is 6.58 Å². The van der Waals surface area contributed by atoms with Gasteiger partial charge in [0.05, 0.1) is 12.4 Å². The Bertz CT molecular complexity index is 267. The van der Waals surface area contributed by atoms with E-state index in [1.807, 2.05) is 0 Å². The summed E-state index contributed by atoms with van der Waals surface area (Å²) in [5.41, 5.74) is 0. The molecule has 0 saturated carbocycles. The molecular weight excluding hydrogens is 200 g/mol. The van der Waals surface area contributed by atoms with Gasteiger partial charge in [-0.3, -0.25) is 4.55 Å². The van der Waals surface area contributed by atoms with Crippen molar-refractivity contribution in [2.24, 2.45) is 0 Å². The van der Waals surface area contributed by atoms with Crippen LogP contribution in [0.3, 0.4) is 0 Å². The minimum absolute atomic E-state index is 0.233. The van der Waals surface area contributed by atoms with Gasteiger partial charge in [-0.2, -0.15) is 8.42 Å². The first-order valence-corrected chi connectivity index (χ1v) is 4.88. The third kappa shape index (κ3) is 8.99. The number of esters is 1. The predicted molar refractivity (Wildman–Crippen MR) is 43.5 cm³/mol. The van der Waals surface area contributed by atoms with Crippen molar-refractivity contribution >= 4 is 16.1 Å². The molecule has 7 heteroatoms. The summed E-state index contributed by atoms with van der Waals surface area (Å²) < 4.78 is 37.4. The number of carbonyl (C=O) groups is 1. The molecule has 0 aromatic carbocycles. The Kier molecular flexibility index (Phi) is 5.28. The number of rotatable bonds is 6. The third-order valence-corrected chi connectivity index (χ3v) is 1.62. The molecule has 0 atom stereocenters. The lowest BCUT2D eigenvalue weighted by atomic mass is 10.7. The number of carbonyl (C=O) groups excluding carboxylic acids is 1. The van der Waals surface area contributed by atoms with Crippen LogP contribution in [0, 0.1) is 0 Å². The van der Waals surface area contributed by atoms with E-state index in [2.05, 4.69) is 16.1 Å². The van der Waals surface area contributed by atoms with E-state index in [1.54, 1.807) is 0 Å². The first-order chi connectivity index (χ1) is 5.95. The Morgan fingerprint density at radius 2 is 2.15 bits per heavy atom. The second kappa shape index (κ2) is 5.68. The lowest BCUT2D eigenvalue weighted by Gasteiger charge is -2.02. The second-order valence-corrected chi connectivity index (χ2v) is 3.55. The van der Waals surface area contributed by atoms with Gasteiger partial charge in [0.15, 0.2) is 6.79 Å². The predicted octanol–water partition coefficient (Wildman–Crippen LogP) is -0.422. The molecule has 0 heterocycles. The second-order valence-electron chi connectivity index (χ2n) is 1.98. The van der Waals surface area contributed by atoms with Crippen LogP contribution in [0.1, 0.15) is 0 Å². The van der Waals surface area contributed by atoms with Crippen molar-refractivity contribution in [3.63, 3.8) is 0 Å². The van der Waals surface area contributed by atoms with Crippen LogP contribution in [0.5, 0.6) is 0 Å². The van der Waals surface area contributed by atoms with Crippen LogP contribution in [-0.4, -0.2) is 38.1 Å². The minimum atomic E-state index is -4.02. The SMILES string of the molecule is C=CC(=O)OCOCCS(=O)(=O)O. The topological polar surface area (TPSA) is 89.9 Å². The molecule has 0 aliphatic carbocycles. The van der Waals surface area contributed by atoms with Crippen LogP contribution in [-0.2, 0) is 24.4 Å². The molecule has 13 heavy (non-hydrogen) atoms. The highest BCUT2D eigenvalue weighted by atomic mass is 32.2. The normalized spacial score (nSPS) is 10.8. The summed E-state index contributed by atoms with van der Waals surface area (Å²) in [5, 5.41) is 0. The van der Waals surface area contributed by atoms with E-state index in [0.717, 1.165) is 6.08 Å². The Morgan fingerprint density at radius 3 is 2.62 bits per heavy atom. The highest BCUT2D eigenvalue weighted by Gasteiger charge is 2.03. The molecule has 0 bridgehead atoms. The fourth-order valence-electron chi connectivity index (χ4n) is 0.382. The molecule has 0 spiro atoms. The van der Waals surface area contributed by atoms with Crippen molar-refractivity contribution in [3.8, 4) is 0 Å². The van der Waals surface area contributed by atoms with Gasteiger partial charge in [-0.15, -0.1) is 0 Å². The molecule has 0 unspecified atom stereocenters. The highest BCUT2D eigenvalue weighted by molar-refractivity contribution is 7.85. The molecule has 0 saturated heterocycles. The van der Waals surface area contributed by atoms with Crippen molar-refractivity contribution in [1.82, 2.24) is 0 Å². The van der Waals surface area contributed by atoms with Crippen LogP contribution in [0.15, 0.2) is 12.7 Å². The van der Waals surface area contributed by atoms with Crippen LogP contribution in [0.4, 0.5) is 0 Å². The molecule has 6 nitrogen and oxygen atoms in total. The van der Waals surface area contributed by atoms with E-state index < -0.39 is 21.8 Å². The van der Waals surface area contributed by atoms with Gasteiger partial charge in [0.2, 0.25) is 0 Å². The number of hydrogen-bond donors (Lipinski definition) is 1. The fourth-order valence-corrected chi connectivity index (χ4v) is 0.710. The molecule has 0 fully saturated rings. The van der Waals surface area contributed by atoms with Gasteiger partial charge in [0, 0.05) is 6.08 Å². The maximum Gasteiger partial charge on any atom is 0.332 e. The van der Waals surface area contributed by atoms with Gasteiger partial charge in [0.25, 0.3) is 10.1 Å². The van der Waals surface area contributed by atoms with Gasteiger partial charge >= 0.3 is 5.97 Å². The summed E-state index contributed by atoms with van der Waals surface area (Å²) in [7, 11) is -4.02. The largest absolute Gasteiger partial charge is 0.435 e. The van der Waals surface area contributed by atoms with Crippen molar-refractivity contribution in [3.05, 3.63) is 12.7 Å². The first-order valence-electron chi connectivity index (χ1n) is 3.28. The summed E-state index contributed by atoms with van der Waals surface area (Å²) in [6.45, 7) is 2.54. The average molecular weight is 210 g/mol. The van der Waals surface area contributed by atoms with Gasteiger partial charge in [-0.25, -0.2) is 4.79 Å². The van der Waals surface area contributed by atoms with E-state index in [0.29, 0.717) is 0 Å². The molecule has 0 aliphatic rings. The molecule has 0 aromatic heterocycles. The lowest BCUT2D eigenvalue weighted by Crippen LogP contribution is -2.13. The number of hydrogen-bond acceptors (Lipinski definition) is 5. The molecule has 76 valence electrons. The highest BCUT2D eigenvalue weighted by Crippen LogP contribution is 1.85. The quantitative estimate of drug-likeness (QED) is 0.210. The zero-order chi connectivity index (χ0) is 10.3. The summed E-state index contributed by atoms with van der Waals surface area (Å²) >= 11 is 0. The van der Waals surface area contributed by atoms with Crippen molar-refractivity contribution < 1.29 is 27.2 Å². The van der Waals surface area contributed by atoms with E-state index in [4.69, 9.17) is 4.55 Å². The number of ether oxygens (including phenoxy) is 2. The van der Waals surface area contributed by atoms with E-state index >= 15 is 0 Å². The molecule has 0 rings (SSSR count). The Hall–Kier alpha value is -0.920. The zero-order valence-corrected chi connectivity index (χ0v) is 7.62. The summed E-state index contributed by atoms with van der Waals surface area (Å²) in [4.78, 5) is 10.4. The van der Waals surface area contributed by atoms with Crippen LogP contribution < -0.4 is 0 Å². The first kappa shape index (κ1) is 12.1. The summed E-state index contributed by atoms with van der Waals surface area (Å²) in [5.74, 6) is -1.19. The Balaban J connectivity index is 3.38. The van der Waals surface area contributed by atoms with E-state index in [1.165, 1.54) is 0 Å². The summed E-state index contributed by atoms with van der Waals surface area (Å²) in [6.07, 6.45) is 0.951. The summed E-state index contributed by atoms with van der Waals surface area (Å²) in [6, 6.07) is 0. The smallest absolute Gasteiger partial charge is 0.332 e.